The lowest BCUT2D eigenvalue weighted by Gasteiger charge is -2.34. The molecule has 252 valence electrons. The summed E-state index contributed by atoms with van der Waals surface area (Å²) in [4.78, 5) is 16.2. The number of carbonyl (C=O) groups is 1. The van der Waals surface area contributed by atoms with Crippen LogP contribution in [-0.2, 0) is 42.4 Å². The van der Waals surface area contributed by atoms with Crippen molar-refractivity contribution in [1.82, 2.24) is 4.90 Å². The van der Waals surface area contributed by atoms with Gasteiger partial charge in [0, 0.05) is 13.1 Å². The summed E-state index contributed by atoms with van der Waals surface area (Å²) in [5.41, 5.74) is 5.40. The first-order chi connectivity index (χ1) is 24.6. The molecule has 0 aliphatic rings. The highest BCUT2D eigenvalue weighted by Gasteiger charge is 2.36. The second-order valence-electron chi connectivity index (χ2n) is 12.1. The number of hydrogen-bond donors (Lipinski definition) is 1. The number of carbonyl (C=O) groups excluding carboxylic acids is 1. The average Bonchev–Trinajstić information content (AvgIpc) is 3.17. The Morgan fingerprint density at radius 1 is 0.500 bits per heavy atom. The van der Waals surface area contributed by atoms with Crippen LogP contribution in [0.15, 0.2) is 170 Å². The molecule has 0 fully saturated rings. The molecule has 0 radical (unpaired) electrons. The highest BCUT2D eigenvalue weighted by Crippen LogP contribution is 2.35. The Morgan fingerprint density at radius 2 is 0.900 bits per heavy atom. The summed E-state index contributed by atoms with van der Waals surface area (Å²) < 4.78 is 18.5. The zero-order chi connectivity index (χ0) is 34.4. The quantitative estimate of drug-likeness (QED) is 0.105. The molecule has 0 saturated carbocycles. The van der Waals surface area contributed by atoms with Crippen LogP contribution in [0.1, 0.15) is 39.5 Å². The van der Waals surface area contributed by atoms with E-state index in [1.807, 2.05) is 157 Å². The average molecular weight is 664 g/mol. The molecule has 6 nitrogen and oxygen atoms in total. The third kappa shape index (κ3) is 9.69. The van der Waals surface area contributed by atoms with E-state index in [0.29, 0.717) is 43.4 Å². The van der Waals surface area contributed by atoms with Gasteiger partial charge in [0.05, 0.1) is 0 Å². The lowest BCUT2D eigenvalue weighted by atomic mass is 9.98. The van der Waals surface area contributed by atoms with E-state index < -0.39 is 18.1 Å². The predicted octanol–water partition coefficient (Wildman–Crippen LogP) is 8.69. The van der Waals surface area contributed by atoms with E-state index in [0.717, 1.165) is 27.8 Å². The fraction of sp³-hybridized carbons (Fsp3) is 0.159. The Hall–Kier alpha value is -5.69. The molecule has 0 aliphatic heterocycles. The minimum atomic E-state index is -1.26. The van der Waals surface area contributed by atoms with Gasteiger partial charge in [-0.05, 0) is 45.5 Å². The van der Waals surface area contributed by atoms with Crippen molar-refractivity contribution in [3.05, 3.63) is 203 Å². The van der Waals surface area contributed by atoms with Gasteiger partial charge in [-0.2, -0.15) is 0 Å². The summed E-state index contributed by atoms with van der Waals surface area (Å²) in [7, 11) is 0. The first-order valence-electron chi connectivity index (χ1n) is 16.8. The van der Waals surface area contributed by atoms with Gasteiger partial charge < -0.3 is 19.3 Å². The highest BCUT2D eigenvalue weighted by atomic mass is 16.5. The number of esters is 1. The predicted molar refractivity (Wildman–Crippen MR) is 195 cm³/mol. The highest BCUT2D eigenvalue weighted by molar-refractivity contribution is 5.77. The summed E-state index contributed by atoms with van der Waals surface area (Å²) >= 11 is 0. The number of aliphatic hydroxyl groups excluding tert-OH is 1. The minimum absolute atomic E-state index is 0.0884. The normalized spacial score (nSPS) is 12.2. The van der Waals surface area contributed by atoms with Gasteiger partial charge in [-0.25, -0.2) is 0 Å². The Morgan fingerprint density at radius 3 is 1.36 bits per heavy atom. The maximum Gasteiger partial charge on any atom is 0.326 e. The molecule has 0 amide bonds. The van der Waals surface area contributed by atoms with Crippen molar-refractivity contribution >= 4 is 5.97 Å². The number of benzene rings is 6. The third-order valence-corrected chi connectivity index (χ3v) is 8.40. The van der Waals surface area contributed by atoms with E-state index in [9.17, 15) is 9.90 Å². The lowest BCUT2D eigenvalue weighted by molar-refractivity contribution is -0.157. The zero-order valence-corrected chi connectivity index (χ0v) is 27.9. The van der Waals surface area contributed by atoms with Crippen LogP contribution in [-0.4, -0.2) is 22.0 Å². The Kier molecular flexibility index (Phi) is 12.1. The summed E-state index contributed by atoms with van der Waals surface area (Å²) in [5.74, 6) is 0.481. The van der Waals surface area contributed by atoms with Gasteiger partial charge in [0.15, 0.2) is 11.5 Å². The number of aliphatic hydroxyl groups is 1. The fourth-order valence-electron chi connectivity index (χ4n) is 5.77. The van der Waals surface area contributed by atoms with Gasteiger partial charge in [0.25, 0.3) is 0 Å². The number of hydrogen-bond acceptors (Lipinski definition) is 6. The van der Waals surface area contributed by atoms with Crippen LogP contribution in [0.3, 0.4) is 0 Å². The molecular weight excluding hydrogens is 622 g/mol. The van der Waals surface area contributed by atoms with Crippen molar-refractivity contribution in [1.29, 1.82) is 0 Å². The summed E-state index contributed by atoms with van der Waals surface area (Å²) in [6.45, 7) is 1.56. The van der Waals surface area contributed by atoms with Gasteiger partial charge in [-0.15, -0.1) is 0 Å². The second-order valence-corrected chi connectivity index (χ2v) is 12.1. The van der Waals surface area contributed by atoms with E-state index in [4.69, 9.17) is 14.2 Å². The molecule has 0 spiro atoms. The number of nitrogens with zero attached hydrogens (tertiary/aromatic N) is 1. The molecule has 1 N–H and O–H groups in total. The molecule has 0 aliphatic carbocycles. The van der Waals surface area contributed by atoms with Crippen molar-refractivity contribution in [2.24, 2.45) is 0 Å². The molecule has 6 aromatic carbocycles. The maximum absolute atomic E-state index is 14.2. The lowest BCUT2D eigenvalue weighted by Crippen LogP contribution is -2.45. The van der Waals surface area contributed by atoms with E-state index in [2.05, 4.69) is 0 Å². The molecule has 2 atom stereocenters. The maximum atomic E-state index is 14.2. The van der Waals surface area contributed by atoms with Gasteiger partial charge in [-0.3, -0.25) is 9.69 Å². The molecule has 6 rings (SSSR count). The molecule has 6 aromatic rings. The SMILES string of the molecule is O=C(OCc1ccccc1)[C@H]([C@H](O)c1ccc(OCc2ccccc2)c(OCc2ccccc2)c1)N(Cc1ccccc1)Cc1ccccc1. The first-order valence-corrected chi connectivity index (χ1v) is 16.8. The Bertz CT molecular complexity index is 1850. The van der Waals surface area contributed by atoms with Crippen LogP contribution in [0.5, 0.6) is 11.5 Å². The monoisotopic (exact) mass is 663 g/mol. The Balaban J connectivity index is 1.34. The van der Waals surface area contributed by atoms with Crippen molar-refractivity contribution in [3.63, 3.8) is 0 Å². The summed E-state index contributed by atoms with van der Waals surface area (Å²) in [6.07, 6.45) is -1.26. The molecule has 50 heavy (non-hydrogen) atoms. The first kappa shape index (κ1) is 34.2. The molecular formula is C44H41NO5. The van der Waals surface area contributed by atoms with Crippen LogP contribution in [0.4, 0.5) is 0 Å². The van der Waals surface area contributed by atoms with Crippen LogP contribution in [0, 0.1) is 0 Å². The second kappa shape index (κ2) is 17.6. The van der Waals surface area contributed by atoms with Crippen molar-refractivity contribution in [3.8, 4) is 11.5 Å². The standard InChI is InChI=1S/C44H41NO5/c46-43(39-26-27-40(48-31-36-20-10-3-11-21-36)41(28-39)49-32-37-22-12-4-13-23-37)42(44(47)50-33-38-24-14-5-15-25-38)45(29-34-16-6-1-7-17-34)30-35-18-8-2-9-19-35/h1-28,42-43,46H,29-33H2/t42-,43+/m0/s1. The smallest absolute Gasteiger partial charge is 0.326 e. The van der Waals surface area contributed by atoms with Crippen molar-refractivity contribution < 1.29 is 24.1 Å². The van der Waals surface area contributed by atoms with Crippen LogP contribution in [0.2, 0.25) is 0 Å². The Labute approximate surface area is 294 Å². The van der Waals surface area contributed by atoms with Crippen LogP contribution >= 0.6 is 0 Å². The van der Waals surface area contributed by atoms with E-state index in [1.54, 1.807) is 18.2 Å². The van der Waals surface area contributed by atoms with E-state index in [1.165, 1.54) is 0 Å². The summed E-state index contributed by atoms with van der Waals surface area (Å²) in [6, 6.07) is 53.6. The fourth-order valence-corrected chi connectivity index (χ4v) is 5.77. The number of ether oxygens (including phenoxy) is 3. The molecule has 6 heteroatoms. The molecule has 0 bridgehead atoms. The van der Waals surface area contributed by atoms with Gasteiger partial charge in [0.2, 0.25) is 0 Å². The minimum Gasteiger partial charge on any atom is -0.485 e. The largest absolute Gasteiger partial charge is 0.485 e. The van der Waals surface area contributed by atoms with E-state index in [-0.39, 0.29) is 6.61 Å². The summed E-state index contributed by atoms with van der Waals surface area (Å²) in [5, 5.41) is 12.2. The molecule has 0 aromatic heterocycles. The van der Waals surface area contributed by atoms with Gasteiger partial charge in [-0.1, -0.05) is 158 Å². The topological polar surface area (TPSA) is 68.2 Å². The van der Waals surface area contributed by atoms with Crippen LogP contribution in [0.25, 0.3) is 0 Å². The zero-order valence-electron chi connectivity index (χ0n) is 27.9. The van der Waals surface area contributed by atoms with Crippen molar-refractivity contribution in [2.45, 2.75) is 45.1 Å². The molecule has 0 saturated heterocycles. The van der Waals surface area contributed by atoms with E-state index >= 15 is 0 Å². The van der Waals surface area contributed by atoms with Crippen LogP contribution < -0.4 is 9.47 Å². The van der Waals surface area contributed by atoms with Gasteiger partial charge in [0.1, 0.15) is 32.0 Å². The van der Waals surface area contributed by atoms with Gasteiger partial charge >= 0.3 is 5.97 Å². The van der Waals surface area contributed by atoms with Crippen molar-refractivity contribution in [2.75, 3.05) is 0 Å². The molecule has 0 heterocycles. The number of rotatable bonds is 16. The third-order valence-electron chi connectivity index (χ3n) is 8.40. The molecule has 0 unspecified atom stereocenters.